The van der Waals surface area contributed by atoms with Crippen molar-refractivity contribution in [2.24, 2.45) is 5.10 Å². The minimum absolute atomic E-state index is 0.272. The summed E-state index contributed by atoms with van der Waals surface area (Å²) in [5.74, 6) is -0.628. The summed E-state index contributed by atoms with van der Waals surface area (Å²) in [4.78, 5) is 24.1. The molecule has 0 aromatic heterocycles. The molecule has 8 nitrogen and oxygen atoms in total. The maximum Gasteiger partial charge on any atom is 0.329 e. The SMILES string of the molecule is CCOc1cc(/C=N/NC(=O)C(=O)Nc2ccc(CC#N)cc2)ccc1OCc1ccc(C)cc1. The molecule has 0 saturated carbocycles. The van der Waals surface area contributed by atoms with Crippen molar-refractivity contribution in [3.8, 4) is 17.6 Å². The molecule has 0 fully saturated rings. The molecule has 0 unspecified atom stereocenters. The topological polar surface area (TPSA) is 113 Å². The van der Waals surface area contributed by atoms with E-state index < -0.39 is 11.8 Å². The van der Waals surface area contributed by atoms with Crippen molar-refractivity contribution in [2.45, 2.75) is 26.9 Å². The Labute approximate surface area is 204 Å². The summed E-state index contributed by atoms with van der Waals surface area (Å²) < 4.78 is 11.6. The minimum Gasteiger partial charge on any atom is -0.490 e. The molecule has 0 aliphatic carbocycles. The van der Waals surface area contributed by atoms with E-state index in [1.807, 2.05) is 44.2 Å². The van der Waals surface area contributed by atoms with Crippen LogP contribution < -0.4 is 20.2 Å². The molecule has 8 heteroatoms. The van der Waals surface area contributed by atoms with E-state index >= 15 is 0 Å². The number of nitrogens with one attached hydrogen (secondary N) is 2. The van der Waals surface area contributed by atoms with E-state index in [1.54, 1.807) is 42.5 Å². The van der Waals surface area contributed by atoms with Crippen molar-refractivity contribution in [3.63, 3.8) is 0 Å². The van der Waals surface area contributed by atoms with Crippen LogP contribution in [0, 0.1) is 18.3 Å². The van der Waals surface area contributed by atoms with Gasteiger partial charge in [0.05, 0.1) is 25.3 Å². The number of benzene rings is 3. The number of nitriles is 1. The molecule has 3 rings (SSSR count). The first-order chi connectivity index (χ1) is 17.0. The van der Waals surface area contributed by atoms with Crippen LogP contribution in [-0.4, -0.2) is 24.6 Å². The molecule has 0 aliphatic heterocycles. The van der Waals surface area contributed by atoms with Gasteiger partial charge in [-0.05, 0) is 60.9 Å². The molecule has 0 heterocycles. The standard InChI is InChI=1S/C27H26N4O4/c1-3-34-25-16-22(10-13-24(25)35-18-21-6-4-19(2)5-7-21)17-29-31-27(33)26(32)30-23-11-8-20(9-12-23)14-15-28/h4-13,16-17H,3,14,18H2,1-2H3,(H,30,32)(H,31,33)/b29-17+. The van der Waals surface area contributed by atoms with Crippen LogP contribution in [0.15, 0.2) is 71.8 Å². The molecular formula is C27H26N4O4. The van der Waals surface area contributed by atoms with Gasteiger partial charge < -0.3 is 14.8 Å². The van der Waals surface area contributed by atoms with Gasteiger partial charge in [0.25, 0.3) is 0 Å². The number of anilines is 1. The highest BCUT2D eigenvalue weighted by Crippen LogP contribution is 2.29. The van der Waals surface area contributed by atoms with Crippen molar-refractivity contribution < 1.29 is 19.1 Å². The van der Waals surface area contributed by atoms with Crippen molar-refractivity contribution in [3.05, 3.63) is 89.0 Å². The third-order valence-electron chi connectivity index (χ3n) is 4.86. The van der Waals surface area contributed by atoms with Crippen LogP contribution in [0.2, 0.25) is 0 Å². The van der Waals surface area contributed by atoms with Crippen molar-refractivity contribution in [1.29, 1.82) is 5.26 Å². The molecule has 0 aliphatic rings. The Hall–Kier alpha value is -4.64. The Kier molecular flexibility index (Phi) is 8.97. The maximum absolute atomic E-state index is 12.1. The Balaban J connectivity index is 1.56. The Morgan fingerprint density at radius 1 is 0.943 bits per heavy atom. The number of hydrogen-bond donors (Lipinski definition) is 2. The fourth-order valence-electron chi connectivity index (χ4n) is 3.04. The molecule has 3 aromatic carbocycles. The lowest BCUT2D eigenvalue weighted by Gasteiger charge is -2.12. The number of aryl methyl sites for hydroxylation is 1. The number of amides is 2. The zero-order valence-electron chi connectivity index (χ0n) is 19.6. The minimum atomic E-state index is -0.912. The van der Waals surface area contributed by atoms with E-state index in [2.05, 4.69) is 15.8 Å². The second-order valence-electron chi connectivity index (χ2n) is 7.60. The lowest BCUT2D eigenvalue weighted by Crippen LogP contribution is -2.32. The van der Waals surface area contributed by atoms with E-state index in [1.165, 1.54) is 11.8 Å². The lowest BCUT2D eigenvalue weighted by molar-refractivity contribution is -0.136. The van der Waals surface area contributed by atoms with E-state index in [-0.39, 0.29) is 6.42 Å². The first-order valence-corrected chi connectivity index (χ1v) is 11.0. The summed E-state index contributed by atoms with van der Waals surface area (Å²) in [6.45, 7) is 4.76. The maximum atomic E-state index is 12.1. The van der Waals surface area contributed by atoms with Gasteiger partial charge in [-0.3, -0.25) is 9.59 Å². The van der Waals surface area contributed by atoms with E-state index in [4.69, 9.17) is 14.7 Å². The molecule has 0 radical (unpaired) electrons. The fraction of sp³-hybridized carbons (Fsp3) is 0.185. The monoisotopic (exact) mass is 470 g/mol. The molecule has 3 aromatic rings. The first kappa shape index (κ1) is 25.0. The summed E-state index contributed by atoms with van der Waals surface area (Å²) >= 11 is 0. The highest BCUT2D eigenvalue weighted by Gasteiger charge is 2.13. The van der Waals surface area contributed by atoms with Crippen LogP contribution in [0.5, 0.6) is 11.5 Å². The Morgan fingerprint density at radius 2 is 1.66 bits per heavy atom. The van der Waals surface area contributed by atoms with Crippen molar-refractivity contribution >= 4 is 23.7 Å². The molecular weight excluding hydrogens is 444 g/mol. The average Bonchev–Trinajstić information content (AvgIpc) is 2.86. The predicted molar refractivity (Wildman–Crippen MR) is 133 cm³/mol. The van der Waals surface area contributed by atoms with Gasteiger partial charge in [-0.1, -0.05) is 42.0 Å². The molecule has 0 spiro atoms. The first-order valence-electron chi connectivity index (χ1n) is 11.0. The highest BCUT2D eigenvalue weighted by atomic mass is 16.5. The number of nitrogens with zero attached hydrogens (tertiary/aromatic N) is 2. The van der Waals surface area contributed by atoms with E-state index in [0.717, 1.165) is 11.1 Å². The van der Waals surface area contributed by atoms with Gasteiger partial charge in [-0.15, -0.1) is 0 Å². The molecule has 0 saturated heterocycles. The third-order valence-corrected chi connectivity index (χ3v) is 4.86. The van der Waals surface area contributed by atoms with Crippen molar-refractivity contribution in [1.82, 2.24) is 5.43 Å². The van der Waals surface area contributed by atoms with Gasteiger partial charge in [0.2, 0.25) is 0 Å². The van der Waals surface area contributed by atoms with Crippen LogP contribution in [0.25, 0.3) is 0 Å². The van der Waals surface area contributed by atoms with Gasteiger partial charge in [0.1, 0.15) is 6.61 Å². The molecule has 178 valence electrons. The highest BCUT2D eigenvalue weighted by molar-refractivity contribution is 6.39. The Morgan fingerprint density at radius 3 is 2.34 bits per heavy atom. The summed E-state index contributed by atoms with van der Waals surface area (Å²) in [6.07, 6.45) is 1.68. The lowest BCUT2D eigenvalue weighted by atomic mass is 10.1. The van der Waals surface area contributed by atoms with Gasteiger partial charge in [-0.2, -0.15) is 10.4 Å². The van der Waals surface area contributed by atoms with Gasteiger partial charge in [0.15, 0.2) is 11.5 Å². The third kappa shape index (κ3) is 7.72. The van der Waals surface area contributed by atoms with Crippen molar-refractivity contribution in [2.75, 3.05) is 11.9 Å². The smallest absolute Gasteiger partial charge is 0.329 e. The number of carbonyl (C=O) groups is 2. The van der Waals surface area contributed by atoms with Crippen LogP contribution >= 0.6 is 0 Å². The van der Waals surface area contributed by atoms with Crippen LogP contribution in [0.4, 0.5) is 5.69 Å². The van der Waals surface area contributed by atoms with E-state index in [9.17, 15) is 9.59 Å². The van der Waals surface area contributed by atoms with Crippen LogP contribution in [-0.2, 0) is 22.6 Å². The number of ether oxygens (including phenoxy) is 2. The second kappa shape index (κ2) is 12.6. The summed E-state index contributed by atoms with van der Waals surface area (Å²) in [6, 6.07) is 22.1. The molecule has 0 atom stereocenters. The molecule has 0 bridgehead atoms. The largest absolute Gasteiger partial charge is 0.490 e. The number of hydrogen-bond acceptors (Lipinski definition) is 6. The van der Waals surface area contributed by atoms with Gasteiger partial charge >= 0.3 is 11.8 Å². The number of carbonyl (C=O) groups excluding carboxylic acids is 2. The summed E-state index contributed by atoms with van der Waals surface area (Å²) in [5.41, 5.74) is 6.35. The fourth-order valence-corrected chi connectivity index (χ4v) is 3.04. The summed E-state index contributed by atoms with van der Waals surface area (Å²) in [7, 11) is 0. The average molecular weight is 471 g/mol. The number of hydrazone groups is 1. The second-order valence-corrected chi connectivity index (χ2v) is 7.60. The quantitative estimate of drug-likeness (QED) is 0.277. The normalized spacial score (nSPS) is 10.4. The van der Waals surface area contributed by atoms with E-state index in [0.29, 0.717) is 36.0 Å². The van der Waals surface area contributed by atoms with Gasteiger partial charge in [0, 0.05) is 5.69 Å². The molecule has 2 N–H and O–H groups in total. The zero-order valence-corrected chi connectivity index (χ0v) is 19.6. The molecule has 35 heavy (non-hydrogen) atoms. The van der Waals surface area contributed by atoms with Crippen LogP contribution in [0.1, 0.15) is 29.2 Å². The number of rotatable bonds is 9. The summed E-state index contributed by atoms with van der Waals surface area (Å²) in [5, 5.41) is 15.0. The zero-order chi connectivity index (χ0) is 25.0. The van der Waals surface area contributed by atoms with Gasteiger partial charge in [-0.25, -0.2) is 5.43 Å². The Bertz CT molecular complexity index is 1230. The van der Waals surface area contributed by atoms with Crippen LogP contribution in [0.3, 0.4) is 0 Å². The predicted octanol–water partition coefficient (Wildman–Crippen LogP) is 4.13. The molecule has 2 amide bonds.